The molecular formula is C11H23OS. The molecule has 0 aromatic carbocycles. The lowest BCUT2D eigenvalue weighted by Crippen LogP contribution is -2.13. The molecule has 0 saturated heterocycles. The highest BCUT2D eigenvalue weighted by Gasteiger charge is 2.14. The van der Waals surface area contributed by atoms with E-state index in [0.717, 1.165) is 25.6 Å². The fourth-order valence-corrected chi connectivity index (χ4v) is 1.71. The number of hydrogen-bond acceptors (Lipinski definition) is 1. The Labute approximate surface area is 88.7 Å². The summed E-state index contributed by atoms with van der Waals surface area (Å²) in [6.45, 7) is 10.8. The van der Waals surface area contributed by atoms with Crippen LogP contribution in [0.5, 0.6) is 0 Å². The summed E-state index contributed by atoms with van der Waals surface area (Å²) >= 11 is 4.79. The Balaban J connectivity index is 3.35. The lowest BCUT2D eigenvalue weighted by atomic mass is 9.84. The molecule has 0 bridgehead atoms. The van der Waals surface area contributed by atoms with Gasteiger partial charge in [0.25, 0.3) is 0 Å². The lowest BCUT2D eigenvalue weighted by Gasteiger charge is -2.23. The van der Waals surface area contributed by atoms with Crippen molar-refractivity contribution in [2.45, 2.75) is 40.5 Å². The Morgan fingerprint density at radius 2 is 1.85 bits per heavy atom. The van der Waals surface area contributed by atoms with Crippen molar-refractivity contribution in [3.8, 4) is 0 Å². The summed E-state index contributed by atoms with van der Waals surface area (Å²) in [6, 6.07) is 0. The number of rotatable bonds is 6. The molecule has 0 aliphatic rings. The highest BCUT2D eigenvalue weighted by Crippen LogP contribution is 2.25. The van der Waals surface area contributed by atoms with Crippen molar-refractivity contribution in [2.24, 2.45) is 11.3 Å². The Morgan fingerprint density at radius 3 is 2.31 bits per heavy atom. The van der Waals surface area contributed by atoms with Crippen LogP contribution >= 0.6 is 12.6 Å². The van der Waals surface area contributed by atoms with Gasteiger partial charge in [0.1, 0.15) is 0 Å². The zero-order valence-electron chi connectivity index (χ0n) is 9.43. The van der Waals surface area contributed by atoms with E-state index in [1.54, 1.807) is 0 Å². The summed E-state index contributed by atoms with van der Waals surface area (Å²) in [5.74, 6) is 1.47. The van der Waals surface area contributed by atoms with Gasteiger partial charge < -0.3 is 4.74 Å². The van der Waals surface area contributed by atoms with E-state index in [-0.39, 0.29) is 0 Å². The van der Waals surface area contributed by atoms with Crippen molar-refractivity contribution in [2.75, 3.05) is 19.0 Å². The predicted octanol–water partition coefficient (Wildman–Crippen LogP) is 3.66. The van der Waals surface area contributed by atoms with Crippen LogP contribution in [0.3, 0.4) is 0 Å². The van der Waals surface area contributed by atoms with Crippen molar-refractivity contribution in [3.05, 3.63) is 0 Å². The second-order valence-corrected chi connectivity index (χ2v) is 5.38. The van der Waals surface area contributed by atoms with Crippen LogP contribution in [0.25, 0.3) is 0 Å². The Kier molecular flexibility index (Phi) is 6.88. The average Bonchev–Trinajstić information content (AvgIpc) is 1.94. The van der Waals surface area contributed by atoms with Crippen LogP contribution in [-0.4, -0.2) is 19.0 Å². The zero-order chi connectivity index (χ0) is 10.3. The summed E-state index contributed by atoms with van der Waals surface area (Å²) in [4.78, 5) is 0. The van der Waals surface area contributed by atoms with E-state index in [0.29, 0.717) is 11.2 Å². The summed E-state index contributed by atoms with van der Waals surface area (Å²) in [6.07, 6.45) is 2.43. The Hall–Kier alpha value is 0.310. The third-order valence-corrected chi connectivity index (χ3v) is 2.11. The number of hydrogen-bond donors (Lipinski definition) is 0. The second kappa shape index (κ2) is 6.72. The maximum atomic E-state index is 5.36. The average molecular weight is 203 g/mol. The minimum Gasteiger partial charge on any atom is -0.381 e. The van der Waals surface area contributed by atoms with E-state index >= 15 is 0 Å². The van der Waals surface area contributed by atoms with E-state index in [9.17, 15) is 0 Å². The third kappa shape index (κ3) is 10.2. The minimum absolute atomic E-state index is 0.442. The summed E-state index contributed by atoms with van der Waals surface area (Å²) < 4.78 is 5.36. The van der Waals surface area contributed by atoms with Crippen molar-refractivity contribution >= 4 is 12.6 Å². The molecule has 0 amide bonds. The quantitative estimate of drug-likeness (QED) is 0.599. The molecule has 0 saturated carbocycles. The maximum Gasteiger partial charge on any atom is 0.0565 e. The van der Waals surface area contributed by atoms with Gasteiger partial charge in [-0.15, -0.1) is 0 Å². The van der Waals surface area contributed by atoms with Gasteiger partial charge >= 0.3 is 0 Å². The van der Waals surface area contributed by atoms with E-state index in [4.69, 9.17) is 17.4 Å². The monoisotopic (exact) mass is 203 g/mol. The Bertz CT molecular complexity index is 118. The fourth-order valence-electron chi connectivity index (χ4n) is 1.59. The standard InChI is InChI=1S/C11H23OS/c1-10(9-11(2,3)4)5-6-12-7-8-13/h10H,5-9H2,1-4H3. The van der Waals surface area contributed by atoms with Gasteiger partial charge in [-0.2, -0.15) is 0 Å². The molecule has 0 aliphatic heterocycles. The van der Waals surface area contributed by atoms with Crippen molar-refractivity contribution in [1.82, 2.24) is 0 Å². The molecule has 0 fully saturated rings. The molecule has 1 unspecified atom stereocenters. The first-order valence-corrected chi connectivity index (χ1v) is 5.69. The third-order valence-electron chi connectivity index (χ3n) is 1.94. The fraction of sp³-hybridized carbons (Fsp3) is 1.00. The van der Waals surface area contributed by atoms with Crippen LogP contribution in [0.15, 0.2) is 0 Å². The smallest absolute Gasteiger partial charge is 0.0565 e. The Morgan fingerprint density at radius 1 is 1.23 bits per heavy atom. The van der Waals surface area contributed by atoms with Gasteiger partial charge in [-0.05, 0) is 24.2 Å². The van der Waals surface area contributed by atoms with Crippen LogP contribution in [0.4, 0.5) is 0 Å². The zero-order valence-corrected chi connectivity index (χ0v) is 10.2. The van der Waals surface area contributed by atoms with Crippen LogP contribution in [0, 0.1) is 11.3 Å². The SMILES string of the molecule is CC(CCOCC[S])CC(C)(C)C. The van der Waals surface area contributed by atoms with Gasteiger partial charge in [0, 0.05) is 12.4 Å². The largest absolute Gasteiger partial charge is 0.381 e. The maximum absolute atomic E-state index is 5.36. The van der Waals surface area contributed by atoms with Gasteiger partial charge in [-0.1, -0.05) is 40.3 Å². The molecule has 2 heteroatoms. The summed E-state index contributed by atoms with van der Waals surface area (Å²) in [7, 11) is 0. The lowest BCUT2D eigenvalue weighted by molar-refractivity contribution is 0.129. The second-order valence-electron chi connectivity index (χ2n) is 4.98. The van der Waals surface area contributed by atoms with Crippen molar-refractivity contribution in [3.63, 3.8) is 0 Å². The van der Waals surface area contributed by atoms with Crippen LogP contribution in [0.1, 0.15) is 40.5 Å². The van der Waals surface area contributed by atoms with Crippen molar-refractivity contribution in [1.29, 1.82) is 0 Å². The molecule has 79 valence electrons. The molecule has 1 atom stereocenters. The van der Waals surface area contributed by atoms with Gasteiger partial charge in [-0.25, -0.2) is 0 Å². The molecule has 0 N–H and O–H groups in total. The van der Waals surface area contributed by atoms with Crippen LogP contribution < -0.4 is 0 Å². The highest BCUT2D eigenvalue weighted by atomic mass is 32.1. The number of ether oxygens (including phenoxy) is 1. The minimum atomic E-state index is 0.442. The molecule has 1 radical (unpaired) electrons. The molecule has 13 heavy (non-hydrogen) atoms. The first kappa shape index (κ1) is 13.3. The molecule has 1 nitrogen and oxygen atoms in total. The predicted molar refractivity (Wildman–Crippen MR) is 61.1 cm³/mol. The molecule has 0 aromatic heterocycles. The van der Waals surface area contributed by atoms with Gasteiger partial charge in [0.05, 0.1) is 6.61 Å². The molecule has 0 aliphatic carbocycles. The summed E-state index contributed by atoms with van der Waals surface area (Å²) in [5, 5.41) is 0. The first-order chi connectivity index (χ1) is 5.95. The van der Waals surface area contributed by atoms with Gasteiger partial charge in [0.2, 0.25) is 0 Å². The highest BCUT2D eigenvalue weighted by molar-refractivity contribution is 7.80. The van der Waals surface area contributed by atoms with E-state index in [1.165, 1.54) is 6.42 Å². The normalized spacial score (nSPS) is 14.5. The molecule has 0 heterocycles. The van der Waals surface area contributed by atoms with Gasteiger partial charge in [-0.3, -0.25) is 0 Å². The van der Waals surface area contributed by atoms with Crippen molar-refractivity contribution < 1.29 is 4.74 Å². The van der Waals surface area contributed by atoms with E-state index in [1.807, 2.05) is 0 Å². The van der Waals surface area contributed by atoms with E-state index < -0.39 is 0 Å². The summed E-state index contributed by atoms with van der Waals surface area (Å²) in [5.41, 5.74) is 0.442. The van der Waals surface area contributed by atoms with Crippen LogP contribution in [-0.2, 0) is 4.74 Å². The van der Waals surface area contributed by atoms with Crippen LogP contribution in [0.2, 0.25) is 0 Å². The first-order valence-electron chi connectivity index (χ1n) is 5.11. The topological polar surface area (TPSA) is 9.23 Å². The molecule has 0 rings (SSSR count). The molecular weight excluding hydrogens is 180 g/mol. The molecule has 0 spiro atoms. The van der Waals surface area contributed by atoms with E-state index in [2.05, 4.69) is 27.7 Å². The molecule has 0 aromatic rings. The van der Waals surface area contributed by atoms with Gasteiger partial charge in [0.15, 0.2) is 0 Å².